The van der Waals surface area contributed by atoms with Crippen molar-refractivity contribution in [2.45, 2.75) is 0 Å². The van der Waals surface area contributed by atoms with Crippen LogP contribution >= 0.6 is 0 Å². The van der Waals surface area contributed by atoms with E-state index in [1.54, 1.807) is 12.5 Å². The molecule has 4 nitrogen and oxygen atoms in total. The minimum absolute atomic E-state index is 0.611. The molecular weight excluding hydrogens is 114 g/mol. The average molecular weight is 122 g/mol. The van der Waals surface area contributed by atoms with Crippen molar-refractivity contribution in [2.75, 3.05) is 12.5 Å². The largest absolute Gasteiger partial charge is 0.260 e. The first kappa shape index (κ1) is 9.68. The minimum atomic E-state index is -0.611. The predicted molar refractivity (Wildman–Crippen MR) is 27.6 cm³/mol. The zero-order valence-electron chi connectivity index (χ0n) is 4.26. The van der Waals surface area contributed by atoms with Crippen LogP contribution in [0.1, 0.15) is 0 Å². The van der Waals surface area contributed by atoms with Gasteiger partial charge in [0.05, 0.1) is 0 Å². The standard InChI is InChI=1S/C2H6OS.H2N3/c1-4(2)3;1-3-2/h1-2H3;1-2H/q;+1. The van der Waals surface area contributed by atoms with Crippen molar-refractivity contribution < 1.29 is 4.21 Å². The molecule has 0 amide bonds. The second kappa shape index (κ2) is 9.07. The van der Waals surface area contributed by atoms with E-state index in [-0.39, 0.29) is 0 Å². The number of nitrogens with zero attached hydrogens (tertiary/aromatic N) is 1. The van der Waals surface area contributed by atoms with Gasteiger partial charge in [-0.25, -0.2) is 0 Å². The third kappa shape index (κ3) is 224. The van der Waals surface area contributed by atoms with Crippen molar-refractivity contribution in [1.29, 1.82) is 11.1 Å². The molecule has 0 saturated heterocycles. The third-order valence-corrected chi connectivity index (χ3v) is 0. The second-order valence-corrected chi connectivity index (χ2v) is 2.34. The van der Waals surface area contributed by atoms with Crippen LogP contribution in [0.15, 0.2) is 0 Å². The molecule has 0 spiro atoms. The molecule has 0 aromatic heterocycles. The van der Waals surface area contributed by atoms with Crippen molar-refractivity contribution in [3.63, 3.8) is 0 Å². The van der Waals surface area contributed by atoms with Gasteiger partial charge in [0.25, 0.3) is 0 Å². The van der Waals surface area contributed by atoms with Gasteiger partial charge >= 0.3 is 0 Å². The van der Waals surface area contributed by atoms with Crippen LogP contribution in [-0.2, 0) is 10.8 Å². The highest BCUT2D eigenvalue weighted by molar-refractivity contribution is 7.83. The monoisotopic (exact) mass is 122 g/mol. The van der Waals surface area contributed by atoms with Gasteiger partial charge < -0.3 is 0 Å². The number of hydrogen-bond acceptors (Lipinski definition) is 3. The highest BCUT2D eigenvalue weighted by Gasteiger charge is 1.57. The fourth-order valence-electron chi connectivity index (χ4n) is 0. The summed E-state index contributed by atoms with van der Waals surface area (Å²) in [6.45, 7) is 0. The van der Waals surface area contributed by atoms with Gasteiger partial charge in [0.1, 0.15) is 11.1 Å². The Bertz CT molecular complexity index is 80.9. The molecular formula is C2H8N3OS+. The van der Waals surface area contributed by atoms with Crippen LogP contribution in [0.25, 0.3) is 0 Å². The molecule has 0 aromatic carbocycles. The molecule has 0 bridgehead atoms. The zero-order chi connectivity index (χ0) is 6.28. The van der Waals surface area contributed by atoms with Crippen molar-refractivity contribution in [2.24, 2.45) is 0 Å². The van der Waals surface area contributed by atoms with Gasteiger partial charge in [-0.15, -0.1) is 0 Å². The summed E-state index contributed by atoms with van der Waals surface area (Å²) in [6, 6.07) is 0. The van der Waals surface area contributed by atoms with E-state index < -0.39 is 10.8 Å². The van der Waals surface area contributed by atoms with E-state index in [9.17, 15) is 4.21 Å². The normalized spacial score (nSPS) is 6.14. The summed E-state index contributed by atoms with van der Waals surface area (Å²) in [5.74, 6) is 0. The molecule has 0 unspecified atom stereocenters. The van der Waals surface area contributed by atoms with E-state index in [1.165, 1.54) is 0 Å². The van der Waals surface area contributed by atoms with Crippen molar-refractivity contribution in [3.8, 4) is 0 Å². The molecule has 0 rings (SSSR count). The Balaban J connectivity index is 0. The van der Waals surface area contributed by atoms with Crippen molar-refractivity contribution >= 4 is 10.8 Å². The molecule has 42 valence electrons. The Morgan fingerprint density at radius 3 is 1.43 bits per heavy atom. The summed E-state index contributed by atoms with van der Waals surface area (Å²) < 4.78 is 9.56. The molecule has 0 fully saturated rings. The van der Waals surface area contributed by atoms with Gasteiger partial charge in [-0.1, -0.05) is 0 Å². The van der Waals surface area contributed by atoms with E-state index >= 15 is 0 Å². The molecule has 7 heavy (non-hydrogen) atoms. The van der Waals surface area contributed by atoms with Crippen LogP contribution in [-0.4, -0.2) is 16.7 Å². The number of hydrogen-bond donors (Lipinski definition) is 2. The Morgan fingerprint density at radius 1 is 1.43 bits per heavy atom. The molecule has 0 aliphatic rings. The van der Waals surface area contributed by atoms with Gasteiger partial charge in [-0.3, -0.25) is 4.21 Å². The lowest BCUT2D eigenvalue weighted by Crippen LogP contribution is -1.70. The van der Waals surface area contributed by atoms with Gasteiger partial charge in [0.2, 0.25) is 4.91 Å². The topological polar surface area (TPSA) is 78.9 Å². The fraction of sp³-hybridized carbons (Fsp3) is 1.00. The highest BCUT2D eigenvalue weighted by atomic mass is 32.2. The van der Waals surface area contributed by atoms with E-state index in [0.717, 1.165) is 0 Å². The molecule has 2 N–H and O–H groups in total. The van der Waals surface area contributed by atoms with Gasteiger partial charge in [0, 0.05) is 23.3 Å². The molecule has 0 aromatic rings. The van der Waals surface area contributed by atoms with Crippen LogP contribution in [0.5, 0.6) is 0 Å². The Labute approximate surface area is 44.4 Å². The van der Waals surface area contributed by atoms with Crippen LogP contribution in [0, 0.1) is 11.1 Å². The Hall–Kier alpha value is -0.540. The molecule has 0 atom stereocenters. The highest BCUT2D eigenvalue weighted by Crippen LogP contribution is 1.47. The van der Waals surface area contributed by atoms with Crippen LogP contribution in [0.2, 0.25) is 0 Å². The first-order valence-electron chi connectivity index (χ1n) is 1.43. The maximum atomic E-state index is 9.56. The molecule has 0 aliphatic carbocycles. The fourth-order valence-corrected chi connectivity index (χ4v) is 0. The van der Waals surface area contributed by atoms with E-state index in [1.807, 2.05) is 4.91 Å². The van der Waals surface area contributed by atoms with E-state index in [2.05, 4.69) is 0 Å². The van der Waals surface area contributed by atoms with Crippen LogP contribution in [0.3, 0.4) is 0 Å². The van der Waals surface area contributed by atoms with Crippen molar-refractivity contribution in [1.82, 2.24) is 4.91 Å². The molecule has 0 heterocycles. The molecule has 0 aliphatic heterocycles. The lowest BCUT2D eigenvalue weighted by atomic mass is 11.9. The predicted octanol–water partition coefficient (Wildman–Crippen LogP) is 0.110. The lowest BCUT2D eigenvalue weighted by molar-refractivity contribution is 0.690. The first-order chi connectivity index (χ1) is 3.15. The Morgan fingerprint density at radius 2 is 1.43 bits per heavy atom. The van der Waals surface area contributed by atoms with Crippen molar-refractivity contribution in [3.05, 3.63) is 0 Å². The lowest BCUT2D eigenvalue weighted by Gasteiger charge is -1.60. The third-order valence-electron chi connectivity index (χ3n) is 0. The maximum absolute atomic E-state index is 9.56. The van der Waals surface area contributed by atoms with E-state index in [0.29, 0.717) is 0 Å². The summed E-state index contributed by atoms with van der Waals surface area (Å²) in [7, 11) is -0.611. The van der Waals surface area contributed by atoms with E-state index in [4.69, 9.17) is 11.1 Å². The molecule has 0 saturated carbocycles. The zero-order valence-corrected chi connectivity index (χ0v) is 5.08. The average Bonchev–Trinajstić information content (AvgIpc) is 1.33. The maximum Gasteiger partial charge on any atom is 0.211 e. The second-order valence-electron chi connectivity index (χ2n) is 0.853. The molecule has 0 radical (unpaired) electrons. The summed E-state index contributed by atoms with van der Waals surface area (Å²) in [5, 5.41) is 0. The molecule has 5 heteroatoms. The summed E-state index contributed by atoms with van der Waals surface area (Å²) in [4.78, 5) is 2.00. The van der Waals surface area contributed by atoms with Gasteiger partial charge in [-0.2, -0.15) is 0 Å². The number of rotatable bonds is 0. The van der Waals surface area contributed by atoms with Gasteiger partial charge in [0.15, 0.2) is 0 Å². The number of nitrogens with one attached hydrogen (secondary N) is 2. The van der Waals surface area contributed by atoms with Gasteiger partial charge in [-0.05, 0) is 0 Å². The first-order valence-corrected chi connectivity index (χ1v) is 3.40. The minimum Gasteiger partial charge on any atom is -0.260 e. The Kier molecular flexibility index (Phi) is 12.5. The quantitative estimate of drug-likeness (QED) is 0.347. The SMILES string of the molecule is CS(C)=O.N=[N+]=N. The summed E-state index contributed by atoms with van der Waals surface area (Å²) in [6.07, 6.45) is 3.28. The smallest absolute Gasteiger partial charge is 0.211 e. The van der Waals surface area contributed by atoms with Crippen LogP contribution < -0.4 is 4.91 Å². The summed E-state index contributed by atoms with van der Waals surface area (Å²) >= 11 is 0. The van der Waals surface area contributed by atoms with Crippen LogP contribution in [0.4, 0.5) is 0 Å². The summed E-state index contributed by atoms with van der Waals surface area (Å²) in [5.41, 5.74) is 11.0.